The van der Waals surface area contributed by atoms with Gasteiger partial charge in [-0.1, -0.05) is 6.92 Å². The molecule has 0 atom stereocenters. The van der Waals surface area contributed by atoms with E-state index < -0.39 is 21.9 Å². The zero-order chi connectivity index (χ0) is 12.2. The van der Waals surface area contributed by atoms with Crippen LogP contribution in [0.3, 0.4) is 0 Å². The number of carbonyl (C=O) groups is 1. The highest BCUT2D eigenvalue weighted by molar-refractivity contribution is 7.87. The van der Waals surface area contributed by atoms with Gasteiger partial charge in [-0.2, -0.15) is 8.42 Å². The van der Waals surface area contributed by atoms with Crippen molar-refractivity contribution in [2.24, 2.45) is 0 Å². The Morgan fingerprint density at radius 1 is 1.31 bits per heavy atom. The topological polar surface area (TPSA) is 60.4 Å². The monoisotopic (exact) mass is 246 g/mol. The maximum atomic E-state index is 12.6. The van der Waals surface area contributed by atoms with E-state index in [0.29, 0.717) is 6.42 Å². The van der Waals surface area contributed by atoms with Crippen LogP contribution in [0.5, 0.6) is 0 Å². The zero-order valence-corrected chi connectivity index (χ0v) is 9.46. The Hall–Kier alpha value is -1.43. The molecule has 0 aromatic heterocycles. The number of benzene rings is 1. The highest BCUT2D eigenvalue weighted by Gasteiger charge is 2.19. The van der Waals surface area contributed by atoms with Gasteiger partial charge in [0, 0.05) is 6.42 Å². The maximum Gasteiger partial charge on any atom is 0.341 e. The van der Waals surface area contributed by atoms with Gasteiger partial charge in [0.1, 0.15) is 10.7 Å². The van der Waals surface area contributed by atoms with Gasteiger partial charge in [0.15, 0.2) is 0 Å². The first-order chi connectivity index (χ1) is 7.45. The molecule has 0 saturated heterocycles. The molecular formula is C10H11FO4S. The molecule has 0 unspecified atom stereocenters. The van der Waals surface area contributed by atoms with Crippen molar-refractivity contribution in [2.45, 2.75) is 24.7 Å². The van der Waals surface area contributed by atoms with Crippen LogP contribution in [0.15, 0.2) is 29.2 Å². The molecule has 0 N–H and O–H groups in total. The van der Waals surface area contributed by atoms with Gasteiger partial charge in [0.2, 0.25) is 0 Å². The van der Waals surface area contributed by atoms with Crippen LogP contribution in [-0.4, -0.2) is 14.4 Å². The van der Waals surface area contributed by atoms with Crippen molar-refractivity contribution in [3.8, 4) is 0 Å². The largest absolute Gasteiger partial charge is 0.342 e. The third-order valence-electron chi connectivity index (χ3n) is 1.76. The molecule has 0 amide bonds. The molecular weight excluding hydrogens is 235 g/mol. The van der Waals surface area contributed by atoms with E-state index in [9.17, 15) is 17.6 Å². The van der Waals surface area contributed by atoms with Gasteiger partial charge in [-0.3, -0.25) is 4.79 Å². The first kappa shape index (κ1) is 12.6. The van der Waals surface area contributed by atoms with Gasteiger partial charge in [0.05, 0.1) is 0 Å². The van der Waals surface area contributed by atoms with Crippen molar-refractivity contribution < 1.29 is 21.8 Å². The summed E-state index contributed by atoms with van der Waals surface area (Å²) in [6.45, 7) is 1.73. The molecule has 88 valence electrons. The maximum absolute atomic E-state index is 12.6. The van der Waals surface area contributed by atoms with E-state index in [1.807, 2.05) is 0 Å². The van der Waals surface area contributed by atoms with Crippen molar-refractivity contribution >= 4 is 16.1 Å². The summed E-state index contributed by atoms with van der Waals surface area (Å²) in [7, 11) is -4.11. The van der Waals surface area contributed by atoms with Crippen molar-refractivity contribution in [3.05, 3.63) is 30.1 Å². The molecule has 0 aliphatic carbocycles. The normalized spacial score (nSPS) is 11.1. The quantitative estimate of drug-likeness (QED) is 0.761. The molecule has 0 radical (unpaired) electrons. The van der Waals surface area contributed by atoms with Gasteiger partial charge >= 0.3 is 16.1 Å². The minimum Gasteiger partial charge on any atom is -0.342 e. The fraction of sp³-hybridized carbons (Fsp3) is 0.300. The lowest BCUT2D eigenvalue weighted by Crippen LogP contribution is -2.12. The van der Waals surface area contributed by atoms with Gasteiger partial charge in [-0.05, 0) is 30.7 Å². The number of hydrogen-bond donors (Lipinski definition) is 0. The highest BCUT2D eigenvalue weighted by Crippen LogP contribution is 2.13. The van der Waals surface area contributed by atoms with Crippen LogP contribution in [0.4, 0.5) is 4.39 Å². The zero-order valence-electron chi connectivity index (χ0n) is 8.64. The fourth-order valence-corrected chi connectivity index (χ4v) is 1.91. The van der Waals surface area contributed by atoms with Crippen LogP contribution in [0, 0.1) is 5.82 Å². The Morgan fingerprint density at radius 2 is 1.88 bits per heavy atom. The average molecular weight is 246 g/mol. The average Bonchev–Trinajstić information content (AvgIpc) is 2.17. The van der Waals surface area contributed by atoms with Gasteiger partial charge in [0.25, 0.3) is 0 Å². The van der Waals surface area contributed by atoms with Crippen LogP contribution in [-0.2, 0) is 19.1 Å². The summed E-state index contributed by atoms with van der Waals surface area (Å²) in [6.07, 6.45) is 0.526. The lowest BCUT2D eigenvalue weighted by atomic mass is 10.3. The third kappa shape index (κ3) is 3.30. The molecule has 16 heavy (non-hydrogen) atoms. The van der Waals surface area contributed by atoms with Crippen molar-refractivity contribution in [2.75, 3.05) is 0 Å². The van der Waals surface area contributed by atoms with E-state index >= 15 is 0 Å². The minimum absolute atomic E-state index is 0.0282. The van der Waals surface area contributed by atoms with E-state index in [4.69, 9.17) is 0 Å². The molecule has 1 aromatic rings. The number of rotatable bonds is 4. The van der Waals surface area contributed by atoms with Gasteiger partial charge < -0.3 is 4.18 Å². The summed E-state index contributed by atoms with van der Waals surface area (Å²) in [4.78, 5) is 10.8. The Kier molecular flexibility index (Phi) is 4.00. The second kappa shape index (κ2) is 5.07. The number of hydrogen-bond acceptors (Lipinski definition) is 4. The smallest absolute Gasteiger partial charge is 0.341 e. The predicted molar refractivity (Wildman–Crippen MR) is 54.6 cm³/mol. The lowest BCUT2D eigenvalue weighted by Gasteiger charge is -2.04. The van der Waals surface area contributed by atoms with Crippen molar-refractivity contribution in [1.29, 1.82) is 0 Å². The summed E-state index contributed by atoms with van der Waals surface area (Å²) in [5.41, 5.74) is 0. The van der Waals surface area contributed by atoms with Crippen molar-refractivity contribution in [3.63, 3.8) is 0 Å². The molecule has 0 heterocycles. The van der Waals surface area contributed by atoms with Crippen LogP contribution < -0.4 is 0 Å². The lowest BCUT2D eigenvalue weighted by molar-refractivity contribution is -0.133. The van der Waals surface area contributed by atoms with Crippen molar-refractivity contribution in [1.82, 2.24) is 0 Å². The molecule has 0 aliphatic heterocycles. The molecule has 0 saturated carbocycles. The van der Waals surface area contributed by atoms with E-state index in [-0.39, 0.29) is 11.3 Å². The van der Waals surface area contributed by atoms with Gasteiger partial charge in [-0.25, -0.2) is 4.39 Å². The Morgan fingerprint density at radius 3 is 2.38 bits per heavy atom. The van der Waals surface area contributed by atoms with E-state index in [1.54, 1.807) is 6.92 Å². The SMILES string of the molecule is CCCC(=O)OS(=O)(=O)c1ccc(F)cc1. The fourth-order valence-electron chi connectivity index (χ4n) is 1.02. The molecule has 0 aliphatic rings. The standard InChI is InChI=1S/C10H11FO4S/c1-2-3-10(12)15-16(13,14)9-6-4-8(11)5-7-9/h4-7H,2-3H2,1H3. The summed E-state index contributed by atoms with van der Waals surface area (Å²) in [5.74, 6) is -1.37. The number of carbonyl (C=O) groups excluding carboxylic acids is 1. The summed E-state index contributed by atoms with van der Waals surface area (Å²) in [6, 6.07) is 4.06. The molecule has 1 aromatic carbocycles. The Labute approximate surface area is 93.2 Å². The molecule has 0 spiro atoms. The van der Waals surface area contributed by atoms with E-state index in [2.05, 4.69) is 4.18 Å². The van der Waals surface area contributed by atoms with E-state index in [1.165, 1.54) is 0 Å². The summed E-state index contributed by atoms with van der Waals surface area (Å²) in [5, 5.41) is 0. The molecule has 0 fully saturated rings. The Balaban J connectivity index is 2.86. The van der Waals surface area contributed by atoms with Crippen LogP contribution >= 0.6 is 0 Å². The second-order valence-electron chi connectivity index (χ2n) is 3.11. The van der Waals surface area contributed by atoms with Gasteiger partial charge in [-0.15, -0.1) is 0 Å². The van der Waals surface area contributed by atoms with Crippen LogP contribution in [0.1, 0.15) is 19.8 Å². The van der Waals surface area contributed by atoms with Crippen LogP contribution in [0.25, 0.3) is 0 Å². The predicted octanol–water partition coefficient (Wildman–Crippen LogP) is 1.86. The molecule has 4 nitrogen and oxygen atoms in total. The summed E-state index contributed by atoms with van der Waals surface area (Å²) >= 11 is 0. The summed E-state index contributed by atoms with van der Waals surface area (Å²) < 4.78 is 39.8. The molecule has 1 rings (SSSR count). The molecule has 6 heteroatoms. The minimum atomic E-state index is -4.11. The number of halogens is 1. The second-order valence-corrected chi connectivity index (χ2v) is 4.66. The van der Waals surface area contributed by atoms with Crippen LogP contribution in [0.2, 0.25) is 0 Å². The third-order valence-corrected chi connectivity index (χ3v) is 3.01. The Bertz CT molecular complexity index is 464. The molecule has 0 bridgehead atoms. The van der Waals surface area contributed by atoms with E-state index in [0.717, 1.165) is 24.3 Å². The highest BCUT2D eigenvalue weighted by atomic mass is 32.2. The first-order valence-corrected chi connectivity index (χ1v) is 6.09. The first-order valence-electron chi connectivity index (χ1n) is 4.68.